The summed E-state index contributed by atoms with van der Waals surface area (Å²) in [7, 11) is 0. The quantitative estimate of drug-likeness (QED) is 0.240. The molecule has 2 N–H and O–H groups in total. The lowest BCUT2D eigenvalue weighted by molar-refractivity contribution is -0.113. The first-order chi connectivity index (χ1) is 13.0. The molecule has 0 fully saturated rings. The number of halogens is 1. The molecule has 0 unspecified atom stereocenters. The fraction of sp³-hybridized carbons (Fsp3) is 0.364. The molecule has 27 heavy (non-hydrogen) atoms. The minimum Gasteiger partial charge on any atom is -0.439 e. The molecule has 0 saturated heterocycles. The van der Waals surface area contributed by atoms with Crippen LogP contribution in [0.3, 0.4) is 0 Å². The van der Waals surface area contributed by atoms with Gasteiger partial charge in [0.25, 0.3) is 0 Å². The van der Waals surface area contributed by atoms with Gasteiger partial charge in [-0.2, -0.15) is 0 Å². The predicted molar refractivity (Wildman–Crippen MR) is 112 cm³/mol. The van der Waals surface area contributed by atoms with Crippen molar-refractivity contribution in [2.75, 3.05) is 0 Å². The third-order valence-corrected chi connectivity index (χ3v) is 4.50. The van der Waals surface area contributed by atoms with Gasteiger partial charge < -0.3 is 10.5 Å². The van der Waals surface area contributed by atoms with E-state index in [2.05, 4.69) is 11.9 Å². The van der Waals surface area contributed by atoms with Crippen LogP contribution in [0.4, 0.5) is 0 Å². The number of hydrogen-bond donors (Lipinski definition) is 1. The Labute approximate surface area is 166 Å². The van der Waals surface area contributed by atoms with E-state index in [0.29, 0.717) is 22.2 Å². The van der Waals surface area contributed by atoms with Gasteiger partial charge in [0.05, 0.1) is 10.5 Å². The average Bonchev–Trinajstić information content (AvgIpc) is 2.61. The van der Waals surface area contributed by atoms with Crippen LogP contribution in [0.2, 0.25) is 5.02 Å². The summed E-state index contributed by atoms with van der Waals surface area (Å²) in [5.41, 5.74) is 6.83. The van der Waals surface area contributed by atoms with Gasteiger partial charge in [-0.25, -0.2) is 4.98 Å². The number of pyridine rings is 1. The summed E-state index contributed by atoms with van der Waals surface area (Å²) in [6, 6.07) is 7.58. The molecule has 0 aliphatic carbocycles. The maximum atomic E-state index is 11.3. The SMILES string of the molecule is CCCCCCC/C=C/C(=C\C(N)=O)Oc1nc2c(Cl)cccc2cc1C. The number of allylic oxidation sites excluding steroid dienone is 2. The van der Waals surface area contributed by atoms with E-state index in [0.717, 1.165) is 23.8 Å². The highest BCUT2D eigenvalue weighted by molar-refractivity contribution is 6.35. The van der Waals surface area contributed by atoms with Crippen LogP contribution in [0.15, 0.2) is 48.3 Å². The molecule has 4 nitrogen and oxygen atoms in total. The Kier molecular flexibility index (Phi) is 8.34. The maximum absolute atomic E-state index is 11.3. The van der Waals surface area contributed by atoms with Gasteiger partial charge in [0.2, 0.25) is 11.8 Å². The molecule has 1 heterocycles. The minimum absolute atomic E-state index is 0.373. The van der Waals surface area contributed by atoms with E-state index in [4.69, 9.17) is 22.1 Å². The first kappa shape index (κ1) is 21.0. The second kappa shape index (κ2) is 10.7. The van der Waals surface area contributed by atoms with Crippen molar-refractivity contribution in [1.29, 1.82) is 0 Å². The van der Waals surface area contributed by atoms with Crippen LogP contribution < -0.4 is 10.5 Å². The van der Waals surface area contributed by atoms with Gasteiger partial charge in [-0.15, -0.1) is 0 Å². The summed E-state index contributed by atoms with van der Waals surface area (Å²) in [5.74, 6) is 0.225. The van der Waals surface area contributed by atoms with Crippen molar-refractivity contribution < 1.29 is 9.53 Å². The monoisotopic (exact) mass is 386 g/mol. The van der Waals surface area contributed by atoms with Gasteiger partial charge in [-0.3, -0.25) is 4.79 Å². The number of rotatable bonds is 10. The van der Waals surface area contributed by atoms with Gasteiger partial charge in [-0.05, 0) is 38.0 Å². The van der Waals surface area contributed by atoms with E-state index in [-0.39, 0.29) is 0 Å². The number of nitrogens with two attached hydrogens (primary N) is 1. The fourth-order valence-electron chi connectivity index (χ4n) is 2.78. The van der Waals surface area contributed by atoms with Gasteiger partial charge in [-0.1, -0.05) is 62.4 Å². The van der Waals surface area contributed by atoms with E-state index in [9.17, 15) is 4.79 Å². The summed E-state index contributed by atoms with van der Waals surface area (Å²) in [4.78, 5) is 15.9. The summed E-state index contributed by atoms with van der Waals surface area (Å²) in [5, 5.41) is 1.50. The van der Waals surface area contributed by atoms with E-state index >= 15 is 0 Å². The Morgan fingerprint density at radius 3 is 2.78 bits per heavy atom. The lowest BCUT2D eigenvalue weighted by atomic mass is 10.1. The second-order valence-corrected chi connectivity index (χ2v) is 6.99. The Bertz CT molecular complexity index is 844. The zero-order valence-corrected chi connectivity index (χ0v) is 16.8. The van der Waals surface area contributed by atoms with Gasteiger partial charge in [0.15, 0.2) is 0 Å². The van der Waals surface area contributed by atoms with Crippen molar-refractivity contribution >= 4 is 28.4 Å². The average molecular weight is 387 g/mol. The Morgan fingerprint density at radius 2 is 2.04 bits per heavy atom. The molecule has 0 bridgehead atoms. The molecule has 144 valence electrons. The molecule has 5 heteroatoms. The number of benzene rings is 1. The van der Waals surface area contributed by atoms with Gasteiger partial charge in [0.1, 0.15) is 5.76 Å². The molecule has 1 aromatic heterocycles. The Hall–Kier alpha value is -2.33. The molecular weight excluding hydrogens is 360 g/mol. The van der Waals surface area contributed by atoms with Crippen molar-refractivity contribution in [3.8, 4) is 5.88 Å². The summed E-state index contributed by atoms with van der Waals surface area (Å²) in [6.45, 7) is 4.11. The molecule has 2 rings (SSSR count). The van der Waals surface area contributed by atoms with Crippen LogP contribution in [-0.2, 0) is 4.79 Å². The number of para-hydroxylation sites is 1. The van der Waals surface area contributed by atoms with E-state index in [1.54, 1.807) is 12.1 Å². The largest absolute Gasteiger partial charge is 0.439 e. The molecule has 1 aromatic carbocycles. The number of hydrogen-bond acceptors (Lipinski definition) is 3. The molecule has 0 radical (unpaired) electrons. The number of aromatic nitrogens is 1. The number of ether oxygens (including phenoxy) is 1. The number of unbranched alkanes of at least 4 members (excludes halogenated alkanes) is 5. The molecule has 0 saturated carbocycles. The normalized spacial score (nSPS) is 12.0. The summed E-state index contributed by atoms with van der Waals surface area (Å²) in [6.07, 6.45) is 12.1. The van der Waals surface area contributed by atoms with Crippen molar-refractivity contribution in [3.63, 3.8) is 0 Å². The van der Waals surface area contributed by atoms with Gasteiger partial charge in [0, 0.05) is 17.0 Å². The highest BCUT2D eigenvalue weighted by atomic mass is 35.5. The van der Waals surface area contributed by atoms with Crippen LogP contribution in [0.1, 0.15) is 51.0 Å². The summed E-state index contributed by atoms with van der Waals surface area (Å²) < 4.78 is 5.87. The first-order valence-corrected chi connectivity index (χ1v) is 9.80. The topological polar surface area (TPSA) is 65.2 Å². The Morgan fingerprint density at radius 1 is 1.26 bits per heavy atom. The highest BCUT2D eigenvalue weighted by Crippen LogP contribution is 2.27. The predicted octanol–water partition coefficient (Wildman–Crippen LogP) is 5.86. The van der Waals surface area contributed by atoms with Crippen molar-refractivity contribution in [2.24, 2.45) is 5.73 Å². The fourth-order valence-corrected chi connectivity index (χ4v) is 3.01. The van der Waals surface area contributed by atoms with Crippen LogP contribution in [0.25, 0.3) is 10.9 Å². The molecule has 0 atom stereocenters. The summed E-state index contributed by atoms with van der Waals surface area (Å²) >= 11 is 6.24. The van der Waals surface area contributed by atoms with Crippen molar-refractivity contribution in [1.82, 2.24) is 4.98 Å². The number of primary amides is 1. The van der Waals surface area contributed by atoms with Crippen LogP contribution in [0, 0.1) is 6.92 Å². The maximum Gasteiger partial charge on any atom is 0.245 e. The van der Waals surface area contributed by atoms with E-state index < -0.39 is 5.91 Å². The second-order valence-electron chi connectivity index (χ2n) is 6.58. The number of fused-ring (bicyclic) bond motifs is 1. The number of amides is 1. The van der Waals surface area contributed by atoms with Gasteiger partial charge >= 0.3 is 0 Å². The number of carbonyl (C=O) groups excluding carboxylic acids is 1. The zero-order valence-electron chi connectivity index (χ0n) is 16.0. The zero-order chi connectivity index (χ0) is 19.6. The third kappa shape index (κ3) is 6.72. The molecule has 1 amide bonds. The van der Waals surface area contributed by atoms with Crippen molar-refractivity contribution in [3.05, 3.63) is 58.8 Å². The van der Waals surface area contributed by atoms with Crippen LogP contribution in [-0.4, -0.2) is 10.9 Å². The van der Waals surface area contributed by atoms with Crippen LogP contribution >= 0.6 is 11.6 Å². The van der Waals surface area contributed by atoms with Crippen molar-refractivity contribution in [2.45, 2.75) is 52.4 Å². The minimum atomic E-state index is -0.561. The smallest absolute Gasteiger partial charge is 0.245 e. The third-order valence-electron chi connectivity index (χ3n) is 4.20. The van der Waals surface area contributed by atoms with E-state index in [1.807, 2.05) is 31.2 Å². The lowest BCUT2D eigenvalue weighted by Crippen LogP contribution is -2.09. The van der Waals surface area contributed by atoms with E-state index in [1.165, 1.54) is 31.8 Å². The number of aryl methyl sites for hydroxylation is 1. The lowest BCUT2D eigenvalue weighted by Gasteiger charge is -2.10. The van der Waals surface area contributed by atoms with Crippen LogP contribution in [0.5, 0.6) is 5.88 Å². The molecule has 0 aliphatic heterocycles. The Balaban J connectivity index is 2.12. The standard InChI is InChI=1S/C22H27ClN2O2/c1-3-4-5-6-7-8-9-12-18(15-20(24)26)27-22-16(2)14-17-11-10-13-19(23)21(17)25-22/h9-15H,3-8H2,1-2H3,(H2,24,26)/b12-9+,18-15+. The molecule has 2 aromatic rings. The number of nitrogens with zero attached hydrogens (tertiary/aromatic N) is 1. The molecular formula is C22H27ClN2O2. The molecule has 0 aliphatic rings. The molecule has 0 spiro atoms. The first-order valence-electron chi connectivity index (χ1n) is 9.42. The highest BCUT2D eigenvalue weighted by Gasteiger charge is 2.09. The number of carbonyl (C=O) groups is 1.